The van der Waals surface area contributed by atoms with Crippen LogP contribution >= 0.6 is 0 Å². The number of carbonyl (C=O) groups excluding carboxylic acids is 2. The maximum Gasteiger partial charge on any atom is 0.308 e. The molecule has 1 aromatic carbocycles. The van der Waals surface area contributed by atoms with Crippen LogP contribution in [-0.4, -0.2) is 48.9 Å². The number of aromatic hydroxyl groups is 1. The highest BCUT2D eigenvalue weighted by Crippen LogP contribution is 2.41. The summed E-state index contributed by atoms with van der Waals surface area (Å²) in [7, 11) is -2.56. The van der Waals surface area contributed by atoms with Gasteiger partial charge in [-0.2, -0.15) is 0 Å². The van der Waals surface area contributed by atoms with Gasteiger partial charge in [-0.25, -0.2) is 0 Å². The van der Waals surface area contributed by atoms with Crippen LogP contribution in [0.15, 0.2) is 17.0 Å². The number of ether oxygens (including phenoxy) is 1. The third-order valence-corrected chi connectivity index (χ3v) is 12.4. The van der Waals surface area contributed by atoms with Gasteiger partial charge < -0.3 is 14.3 Å². The summed E-state index contributed by atoms with van der Waals surface area (Å²) in [4.78, 5) is 25.8. The highest BCUT2D eigenvalue weighted by molar-refractivity contribution is 7.89. The fourth-order valence-corrected chi connectivity index (χ4v) is 5.74. The molecule has 0 aliphatic carbocycles. The first-order valence-electron chi connectivity index (χ1n) is 12.7. The predicted octanol–water partition coefficient (Wildman–Crippen LogP) is 6.62. The van der Waals surface area contributed by atoms with Gasteiger partial charge in [0.15, 0.2) is 14.1 Å². The molecule has 6 nitrogen and oxygen atoms in total. The maximum absolute atomic E-state index is 13.5. The molecule has 8 heteroatoms. The maximum atomic E-state index is 13.5. The van der Waals surface area contributed by atoms with Gasteiger partial charge >= 0.3 is 5.97 Å². The number of methoxy groups -OCH3 is 1. The lowest BCUT2D eigenvalue weighted by atomic mass is 9.78. The molecule has 0 heterocycles. The van der Waals surface area contributed by atoms with E-state index in [2.05, 4.69) is 33.9 Å². The molecule has 0 aliphatic rings. The van der Waals surface area contributed by atoms with Gasteiger partial charge in [0.25, 0.3) is 0 Å². The average Bonchev–Trinajstić information content (AvgIpc) is 2.69. The van der Waals surface area contributed by atoms with E-state index in [0.29, 0.717) is 5.56 Å². The van der Waals surface area contributed by atoms with Crippen molar-refractivity contribution in [2.75, 3.05) is 13.4 Å². The van der Waals surface area contributed by atoms with Crippen LogP contribution in [0.25, 0.3) is 6.08 Å². The predicted molar refractivity (Wildman–Crippen MR) is 156 cm³/mol. The summed E-state index contributed by atoms with van der Waals surface area (Å²) in [6.45, 7) is 22.5. The number of phenols is 1. The van der Waals surface area contributed by atoms with Crippen molar-refractivity contribution in [3.05, 3.63) is 33.7 Å². The Kier molecular flexibility index (Phi) is 10.7. The van der Waals surface area contributed by atoms with Crippen molar-refractivity contribution in [3.63, 3.8) is 0 Å². The molecular weight excluding hydrogens is 504 g/mol. The number of ketones is 1. The van der Waals surface area contributed by atoms with Crippen LogP contribution in [-0.2, 0) is 40.4 Å². The third-order valence-electron chi connectivity index (χ3n) is 6.93. The van der Waals surface area contributed by atoms with Crippen LogP contribution in [0.1, 0.15) is 91.8 Å². The number of allylic oxidation sites excluding steroid dienone is 1. The summed E-state index contributed by atoms with van der Waals surface area (Å²) in [5.41, 5.74) is 1.52. The smallest absolute Gasteiger partial charge is 0.308 e. The molecule has 0 radical (unpaired) electrons. The molecule has 210 valence electrons. The number of hydrogen-bond donors (Lipinski definition) is 1. The zero-order valence-electron chi connectivity index (χ0n) is 25.1. The van der Waals surface area contributed by atoms with E-state index in [4.69, 9.17) is 9.16 Å². The zero-order valence-corrected chi connectivity index (χ0v) is 26.9. The lowest BCUT2D eigenvalue weighted by Crippen LogP contribution is -2.45. The van der Waals surface area contributed by atoms with E-state index < -0.39 is 31.2 Å². The summed E-state index contributed by atoms with van der Waals surface area (Å²) in [6.07, 6.45) is 2.30. The minimum absolute atomic E-state index is 0.0556. The van der Waals surface area contributed by atoms with Gasteiger partial charge in [-0.15, -0.1) is 0 Å². The van der Waals surface area contributed by atoms with Crippen molar-refractivity contribution in [1.29, 1.82) is 0 Å². The van der Waals surface area contributed by atoms with Crippen molar-refractivity contribution < 1.29 is 28.1 Å². The van der Waals surface area contributed by atoms with E-state index in [9.17, 15) is 18.9 Å². The quantitative estimate of drug-likeness (QED) is 0.210. The van der Waals surface area contributed by atoms with E-state index in [0.717, 1.165) is 11.1 Å². The molecule has 2 atom stereocenters. The topological polar surface area (TPSA) is 89.9 Å². The van der Waals surface area contributed by atoms with Crippen LogP contribution in [0.3, 0.4) is 0 Å². The Hall–Kier alpha value is -1.77. The SMILES string of the molecule is COC(=O)C[C@@H](CC(=O)C(=Cc1cc(C(C)(C)C)c(O)c(C(C)(C)C)c1)S(C)=O)O[Si](C)(C)C(C)(C)C. The Morgan fingerprint density at radius 3 is 1.78 bits per heavy atom. The highest BCUT2D eigenvalue weighted by Gasteiger charge is 2.40. The van der Waals surface area contributed by atoms with E-state index >= 15 is 0 Å². The van der Waals surface area contributed by atoms with Crippen LogP contribution in [0, 0.1) is 0 Å². The molecule has 0 amide bonds. The molecule has 1 aromatic rings. The second-order valence-electron chi connectivity index (χ2n) is 13.3. The van der Waals surface area contributed by atoms with Crippen LogP contribution in [0.4, 0.5) is 0 Å². The molecule has 0 aromatic heterocycles. The monoisotopic (exact) mass is 552 g/mol. The first kappa shape index (κ1) is 33.3. The van der Waals surface area contributed by atoms with E-state index in [1.54, 1.807) is 6.08 Å². The number of rotatable bonds is 9. The molecule has 37 heavy (non-hydrogen) atoms. The minimum Gasteiger partial charge on any atom is -0.507 e. The fraction of sp³-hybridized carbons (Fsp3) is 0.655. The molecule has 0 aliphatic heterocycles. The van der Waals surface area contributed by atoms with Crippen LogP contribution in [0.2, 0.25) is 18.1 Å². The van der Waals surface area contributed by atoms with Crippen molar-refractivity contribution in [3.8, 4) is 5.75 Å². The van der Waals surface area contributed by atoms with Gasteiger partial charge in [0.2, 0.25) is 0 Å². The Morgan fingerprint density at radius 1 is 0.973 bits per heavy atom. The van der Waals surface area contributed by atoms with Crippen LogP contribution < -0.4 is 0 Å². The van der Waals surface area contributed by atoms with Gasteiger partial charge in [0.05, 0.1) is 35.3 Å². The van der Waals surface area contributed by atoms with Crippen molar-refractivity contribution in [2.24, 2.45) is 0 Å². The molecule has 1 unspecified atom stereocenters. The van der Waals surface area contributed by atoms with Gasteiger partial charge in [-0.05, 0) is 52.7 Å². The standard InChI is InChI=1S/C29H48O6SSi/c1-27(2,3)21-14-19(15-22(26(21)32)28(4,5)6)16-24(36(11)33)23(30)17-20(18-25(31)34-10)35-37(12,13)29(7,8)9/h14-16,20,32H,17-18H2,1-13H3/t20-,36?/m1/s1. The second kappa shape index (κ2) is 12.0. The number of esters is 1. The van der Waals surface area contributed by atoms with Crippen molar-refractivity contribution in [1.82, 2.24) is 0 Å². The molecular formula is C29H48O6SSi. The first-order chi connectivity index (χ1) is 16.5. The summed E-state index contributed by atoms with van der Waals surface area (Å²) in [6, 6.07) is 3.70. The lowest BCUT2D eigenvalue weighted by Gasteiger charge is -2.39. The van der Waals surface area contributed by atoms with E-state index in [1.165, 1.54) is 13.4 Å². The Morgan fingerprint density at radius 2 is 1.43 bits per heavy atom. The lowest BCUT2D eigenvalue weighted by molar-refractivity contribution is -0.142. The van der Waals surface area contributed by atoms with E-state index in [1.807, 2.05) is 53.7 Å². The number of hydrogen-bond acceptors (Lipinski definition) is 6. The van der Waals surface area contributed by atoms with E-state index in [-0.39, 0.29) is 45.1 Å². The second-order valence-corrected chi connectivity index (χ2v) is 19.4. The van der Waals surface area contributed by atoms with Gasteiger partial charge in [-0.3, -0.25) is 13.8 Å². The van der Waals surface area contributed by atoms with Crippen molar-refractivity contribution >= 4 is 36.9 Å². The Labute approximate surface area is 227 Å². The summed E-state index contributed by atoms with van der Waals surface area (Å²) in [5.74, 6) is -0.553. The normalized spacial score (nSPS) is 15.3. The van der Waals surface area contributed by atoms with Crippen molar-refractivity contribution in [2.45, 2.75) is 110 Å². The number of carbonyl (C=O) groups is 2. The van der Waals surface area contributed by atoms with Gasteiger partial charge in [-0.1, -0.05) is 62.3 Å². The molecule has 0 saturated carbocycles. The number of Topliss-reactive ketones (excluding diaryl/α,β-unsaturated/α-hetero) is 1. The molecule has 1 N–H and O–H groups in total. The van der Waals surface area contributed by atoms with Gasteiger partial charge in [0, 0.05) is 23.8 Å². The molecule has 0 bridgehead atoms. The Bertz CT molecular complexity index is 1020. The largest absolute Gasteiger partial charge is 0.507 e. The summed E-state index contributed by atoms with van der Waals surface area (Å²) in [5, 5.41) is 10.9. The summed E-state index contributed by atoms with van der Waals surface area (Å²) >= 11 is 0. The first-order valence-corrected chi connectivity index (χ1v) is 17.2. The molecule has 0 spiro atoms. The number of benzene rings is 1. The molecule has 1 rings (SSSR count). The minimum atomic E-state index is -2.30. The fourth-order valence-electron chi connectivity index (χ4n) is 3.68. The Balaban J connectivity index is 3.57. The summed E-state index contributed by atoms with van der Waals surface area (Å²) < 4.78 is 24.1. The van der Waals surface area contributed by atoms with Crippen LogP contribution in [0.5, 0.6) is 5.75 Å². The highest BCUT2D eigenvalue weighted by atomic mass is 32.2. The average molecular weight is 553 g/mol. The zero-order chi connectivity index (χ0) is 29.1. The molecule has 0 saturated heterocycles. The van der Waals surface area contributed by atoms with Gasteiger partial charge in [0.1, 0.15) is 5.75 Å². The third kappa shape index (κ3) is 9.18. The number of phenolic OH excluding ortho intramolecular Hbond substituents is 1. The molecule has 0 fully saturated rings.